The maximum atomic E-state index is 12.4. The number of pyridine rings is 1. The number of carbonyl (C=O) groups excluding carboxylic acids is 2. The van der Waals surface area contributed by atoms with Crippen molar-refractivity contribution in [3.63, 3.8) is 0 Å². The first kappa shape index (κ1) is 24.7. The molecule has 2 aromatic rings. The van der Waals surface area contributed by atoms with E-state index in [-0.39, 0.29) is 11.8 Å². The van der Waals surface area contributed by atoms with Crippen molar-refractivity contribution in [1.29, 1.82) is 0 Å². The number of aryl methyl sites for hydroxylation is 1. The monoisotopic (exact) mass is 432 g/mol. The molecular formula is C26H32N4O2. The van der Waals surface area contributed by atoms with Crippen molar-refractivity contribution < 1.29 is 9.59 Å². The van der Waals surface area contributed by atoms with Gasteiger partial charge in [-0.05, 0) is 62.4 Å². The van der Waals surface area contributed by atoms with Crippen molar-refractivity contribution in [2.24, 2.45) is 10.9 Å². The van der Waals surface area contributed by atoms with E-state index < -0.39 is 0 Å². The molecule has 0 aliphatic carbocycles. The molecule has 6 nitrogen and oxygen atoms in total. The molecule has 0 saturated heterocycles. The summed E-state index contributed by atoms with van der Waals surface area (Å²) in [4.78, 5) is 34.4. The Kier molecular flexibility index (Phi) is 9.08. The highest BCUT2D eigenvalue weighted by atomic mass is 16.2. The molecule has 1 aromatic heterocycles. The number of rotatable bonds is 9. The molecule has 0 unspecified atom stereocenters. The predicted octanol–water partition coefficient (Wildman–Crippen LogP) is 4.96. The molecule has 1 heterocycles. The topological polar surface area (TPSA) is 74.7 Å². The molecule has 32 heavy (non-hydrogen) atoms. The van der Waals surface area contributed by atoms with E-state index in [1.54, 1.807) is 31.5 Å². The van der Waals surface area contributed by atoms with Gasteiger partial charge in [-0.2, -0.15) is 0 Å². The van der Waals surface area contributed by atoms with Crippen LogP contribution in [0.4, 0.5) is 5.69 Å². The number of nitrogens with zero attached hydrogens (tertiary/aromatic N) is 3. The minimum absolute atomic E-state index is 0.0292. The van der Waals surface area contributed by atoms with Gasteiger partial charge in [-0.15, -0.1) is 0 Å². The highest BCUT2D eigenvalue weighted by molar-refractivity contribution is 5.94. The van der Waals surface area contributed by atoms with Gasteiger partial charge in [0.2, 0.25) is 5.91 Å². The minimum atomic E-state index is -0.181. The van der Waals surface area contributed by atoms with Crippen LogP contribution >= 0.6 is 0 Å². The highest BCUT2D eigenvalue weighted by Crippen LogP contribution is 2.27. The van der Waals surface area contributed by atoms with Crippen LogP contribution in [-0.4, -0.2) is 36.6 Å². The Morgan fingerprint density at radius 3 is 2.53 bits per heavy atom. The quantitative estimate of drug-likeness (QED) is 0.450. The molecule has 0 spiro atoms. The third-order valence-corrected chi connectivity index (χ3v) is 4.84. The van der Waals surface area contributed by atoms with Crippen LogP contribution in [0, 0.1) is 12.8 Å². The maximum Gasteiger partial charge on any atom is 0.253 e. The number of aliphatic imine (C=N–C) groups is 1. The largest absolute Gasteiger partial charge is 0.348 e. The number of benzene rings is 1. The summed E-state index contributed by atoms with van der Waals surface area (Å²) < 4.78 is 0. The number of carbonyl (C=O) groups is 2. The van der Waals surface area contributed by atoms with Gasteiger partial charge in [-0.25, -0.2) is 0 Å². The zero-order valence-electron chi connectivity index (χ0n) is 19.6. The number of aromatic nitrogens is 1. The first-order valence-corrected chi connectivity index (χ1v) is 10.6. The number of anilines is 1. The van der Waals surface area contributed by atoms with E-state index in [0.29, 0.717) is 24.6 Å². The summed E-state index contributed by atoms with van der Waals surface area (Å²) in [5.74, 6) is 0.222. The molecule has 0 aliphatic heterocycles. The number of nitrogens with one attached hydrogen (secondary N) is 1. The van der Waals surface area contributed by atoms with E-state index in [0.717, 1.165) is 28.1 Å². The van der Waals surface area contributed by atoms with Crippen molar-refractivity contribution in [3.8, 4) is 11.3 Å². The summed E-state index contributed by atoms with van der Waals surface area (Å²) in [5.41, 5.74) is 5.12. The second-order valence-electron chi connectivity index (χ2n) is 8.18. The third kappa shape index (κ3) is 7.01. The van der Waals surface area contributed by atoms with Crippen LogP contribution in [-0.2, 0) is 4.79 Å². The lowest BCUT2D eigenvalue weighted by molar-refractivity contribution is -0.116. The first-order valence-electron chi connectivity index (χ1n) is 10.6. The van der Waals surface area contributed by atoms with Crippen LogP contribution in [0.1, 0.15) is 43.6 Å². The Balaban J connectivity index is 2.12. The van der Waals surface area contributed by atoms with Crippen molar-refractivity contribution in [1.82, 2.24) is 10.3 Å². The summed E-state index contributed by atoms with van der Waals surface area (Å²) in [5, 5.41) is 2.88. The van der Waals surface area contributed by atoms with Crippen LogP contribution in [0.3, 0.4) is 0 Å². The van der Waals surface area contributed by atoms with Crippen molar-refractivity contribution >= 4 is 24.2 Å². The molecule has 0 bridgehead atoms. The Hall–Kier alpha value is -3.54. The van der Waals surface area contributed by atoms with Crippen LogP contribution in [0.15, 0.2) is 65.4 Å². The van der Waals surface area contributed by atoms with E-state index in [1.807, 2.05) is 49.1 Å². The molecule has 2 amide bonds. The number of hydrogen-bond donors (Lipinski definition) is 1. The molecule has 0 atom stereocenters. The zero-order chi connectivity index (χ0) is 23.7. The summed E-state index contributed by atoms with van der Waals surface area (Å²) in [6, 6.07) is 9.54. The molecular weight excluding hydrogens is 400 g/mol. The minimum Gasteiger partial charge on any atom is -0.348 e. The lowest BCUT2D eigenvalue weighted by atomic mass is 10.0. The van der Waals surface area contributed by atoms with Gasteiger partial charge in [0, 0.05) is 43.7 Å². The van der Waals surface area contributed by atoms with Crippen molar-refractivity contribution in [3.05, 3.63) is 71.6 Å². The number of allylic oxidation sites excluding steroid dienone is 2. The lowest BCUT2D eigenvalue weighted by Crippen LogP contribution is -2.32. The molecule has 0 fully saturated rings. The smallest absolute Gasteiger partial charge is 0.253 e. The fourth-order valence-electron chi connectivity index (χ4n) is 3.23. The van der Waals surface area contributed by atoms with Crippen molar-refractivity contribution in [2.75, 3.05) is 18.0 Å². The SMILES string of the molecule is C=N/C=C\C=C(/C)CNC(=O)c1ccc(-c2ccc(N(CC(C)C)C(C)=O)c(C)c2)nc1. The van der Waals surface area contributed by atoms with Gasteiger partial charge in [0.05, 0.1) is 11.3 Å². The average Bonchev–Trinajstić information content (AvgIpc) is 2.76. The van der Waals surface area contributed by atoms with Crippen LogP contribution in [0.25, 0.3) is 11.3 Å². The van der Waals surface area contributed by atoms with E-state index >= 15 is 0 Å². The fraction of sp³-hybridized carbons (Fsp3) is 0.308. The van der Waals surface area contributed by atoms with Gasteiger partial charge < -0.3 is 10.2 Å². The van der Waals surface area contributed by atoms with E-state index in [4.69, 9.17) is 0 Å². The van der Waals surface area contributed by atoms with Gasteiger partial charge in [-0.3, -0.25) is 19.6 Å². The van der Waals surface area contributed by atoms with Gasteiger partial charge in [0.1, 0.15) is 0 Å². The highest BCUT2D eigenvalue weighted by Gasteiger charge is 2.16. The summed E-state index contributed by atoms with van der Waals surface area (Å²) >= 11 is 0. The first-order chi connectivity index (χ1) is 15.2. The molecule has 2 rings (SSSR count). The van der Waals surface area contributed by atoms with Crippen LogP contribution in [0.2, 0.25) is 0 Å². The number of amides is 2. The standard InChI is InChI=1S/C26H32N4O2/c1-18(2)17-30(21(5)31)25-12-10-22(14-20(25)4)24-11-9-23(16-28-24)26(32)29-15-19(3)8-7-13-27-6/h7-14,16,18H,6,15,17H2,1-5H3,(H,29,32)/b13-7-,19-8+. The van der Waals surface area contributed by atoms with E-state index in [2.05, 4.69) is 35.9 Å². The Bertz CT molecular complexity index is 1020. The van der Waals surface area contributed by atoms with Gasteiger partial charge >= 0.3 is 0 Å². The Morgan fingerprint density at radius 1 is 1.22 bits per heavy atom. The van der Waals surface area contributed by atoms with Crippen molar-refractivity contribution in [2.45, 2.75) is 34.6 Å². The van der Waals surface area contributed by atoms with Gasteiger partial charge in [-0.1, -0.05) is 31.6 Å². The van der Waals surface area contributed by atoms with E-state index in [9.17, 15) is 9.59 Å². The number of hydrogen-bond acceptors (Lipinski definition) is 4. The summed E-state index contributed by atoms with van der Waals surface area (Å²) in [6.07, 6.45) is 6.81. The normalized spacial score (nSPS) is 11.6. The molecule has 0 saturated carbocycles. The summed E-state index contributed by atoms with van der Waals surface area (Å²) in [6.45, 7) is 14.2. The maximum absolute atomic E-state index is 12.4. The van der Waals surface area contributed by atoms with E-state index in [1.165, 1.54) is 0 Å². The zero-order valence-corrected chi connectivity index (χ0v) is 19.6. The van der Waals surface area contributed by atoms with Crippen LogP contribution in [0.5, 0.6) is 0 Å². The third-order valence-electron chi connectivity index (χ3n) is 4.84. The molecule has 0 radical (unpaired) electrons. The molecule has 1 aromatic carbocycles. The van der Waals surface area contributed by atoms with Gasteiger partial charge in [0.25, 0.3) is 5.91 Å². The Morgan fingerprint density at radius 2 is 1.97 bits per heavy atom. The Labute approximate surface area is 190 Å². The summed E-state index contributed by atoms with van der Waals surface area (Å²) in [7, 11) is 0. The second kappa shape index (κ2) is 11.7. The fourth-order valence-corrected chi connectivity index (χ4v) is 3.23. The van der Waals surface area contributed by atoms with Gasteiger partial charge in [0.15, 0.2) is 0 Å². The lowest BCUT2D eigenvalue weighted by Gasteiger charge is -2.25. The molecule has 6 heteroatoms. The molecule has 168 valence electrons. The van der Waals surface area contributed by atoms with Crippen LogP contribution < -0.4 is 10.2 Å². The second-order valence-corrected chi connectivity index (χ2v) is 8.18. The average molecular weight is 433 g/mol. The molecule has 1 N–H and O–H groups in total. The predicted molar refractivity (Wildman–Crippen MR) is 132 cm³/mol. The molecule has 0 aliphatic rings.